The molecule has 0 saturated heterocycles. The monoisotopic (exact) mass is 226 g/mol. The Kier molecular flexibility index (Phi) is 3.36. The Morgan fingerprint density at radius 3 is 2.36 bits per heavy atom. The van der Waals surface area contributed by atoms with Crippen molar-refractivity contribution in [2.45, 2.75) is 38.0 Å². The largest absolute Gasteiger partial charge is 0.401 e. The van der Waals surface area contributed by atoms with Crippen LogP contribution in [0, 0.1) is 0 Å². The Hall–Kier alpha value is -0.360. The van der Waals surface area contributed by atoms with E-state index in [1.165, 1.54) is 4.90 Å². The van der Waals surface area contributed by atoms with Gasteiger partial charge in [-0.25, -0.2) is 0 Å². The van der Waals surface area contributed by atoms with Crippen LogP contribution in [0.25, 0.3) is 0 Å². The molecule has 0 bridgehead atoms. The molecule has 1 saturated carbocycles. The zero-order valence-corrected chi connectivity index (χ0v) is 8.66. The maximum absolute atomic E-state index is 12.2. The molecule has 82 valence electrons. The van der Waals surface area contributed by atoms with Gasteiger partial charge in [-0.15, -0.1) is 0 Å². The molecule has 2 nitrogen and oxygen atoms in total. The molecule has 0 aromatic rings. The van der Waals surface area contributed by atoms with Gasteiger partial charge in [0, 0.05) is 6.04 Å². The fraction of sp³-hybridized carbons (Fsp3) is 0.875. The van der Waals surface area contributed by atoms with Crippen LogP contribution < -0.4 is 5.73 Å². The number of thiocarbonyl (C=S) groups is 1. The molecular formula is C8H13F3N2S. The quantitative estimate of drug-likeness (QED) is 0.740. The minimum atomic E-state index is -4.18. The number of halogens is 3. The van der Waals surface area contributed by atoms with Crippen LogP contribution in [0.1, 0.15) is 19.8 Å². The highest BCUT2D eigenvalue weighted by Gasteiger charge is 2.40. The lowest BCUT2D eigenvalue weighted by molar-refractivity contribution is -0.148. The first-order chi connectivity index (χ1) is 6.31. The van der Waals surface area contributed by atoms with E-state index in [0.717, 1.165) is 12.8 Å². The van der Waals surface area contributed by atoms with Crippen molar-refractivity contribution in [3.8, 4) is 0 Å². The molecule has 1 unspecified atom stereocenters. The number of hydrogen-bond donors (Lipinski definition) is 1. The molecular weight excluding hydrogens is 213 g/mol. The highest BCUT2D eigenvalue weighted by molar-refractivity contribution is 7.80. The zero-order valence-electron chi connectivity index (χ0n) is 7.84. The molecule has 1 aliphatic carbocycles. The molecule has 0 amide bonds. The van der Waals surface area contributed by atoms with Gasteiger partial charge in [0.15, 0.2) is 0 Å². The third-order valence-electron chi connectivity index (χ3n) is 2.29. The molecule has 1 fully saturated rings. The minimum absolute atomic E-state index is 0.00752. The molecule has 2 N–H and O–H groups in total. The molecule has 0 aromatic carbocycles. The van der Waals surface area contributed by atoms with Gasteiger partial charge in [0.05, 0.1) is 17.6 Å². The molecule has 6 heteroatoms. The van der Waals surface area contributed by atoms with Crippen molar-refractivity contribution >= 4 is 17.2 Å². The van der Waals surface area contributed by atoms with Gasteiger partial charge in [-0.05, 0) is 19.8 Å². The highest BCUT2D eigenvalue weighted by atomic mass is 32.1. The summed E-state index contributed by atoms with van der Waals surface area (Å²) in [4.78, 5) is 1.46. The maximum atomic E-state index is 12.2. The summed E-state index contributed by atoms with van der Waals surface area (Å²) in [6, 6.07) is -0.466. The first kappa shape index (κ1) is 11.7. The van der Waals surface area contributed by atoms with Crippen LogP contribution in [0.3, 0.4) is 0 Å². The SMILES string of the molecule is CC(C(N)=S)N(CC(F)(F)F)C1CC1. The Morgan fingerprint density at radius 1 is 1.57 bits per heavy atom. The van der Waals surface area contributed by atoms with Crippen LogP contribution in [0.2, 0.25) is 0 Å². The van der Waals surface area contributed by atoms with E-state index in [1.54, 1.807) is 6.92 Å². The maximum Gasteiger partial charge on any atom is 0.401 e. The van der Waals surface area contributed by atoms with E-state index in [1.807, 2.05) is 0 Å². The van der Waals surface area contributed by atoms with E-state index < -0.39 is 18.8 Å². The predicted octanol–water partition coefficient (Wildman–Crippen LogP) is 1.69. The molecule has 0 radical (unpaired) electrons. The van der Waals surface area contributed by atoms with E-state index in [4.69, 9.17) is 18.0 Å². The van der Waals surface area contributed by atoms with Crippen LogP contribution in [-0.4, -0.2) is 34.7 Å². The number of nitrogens with zero attached hydrogens (tertiary/aromatic N) is 1. The summed E-state index contributed by atoms with van der Waals surface area (Å²) in [5, 5.41) is 0. The summed E-state index contributed by atoms with van der Waals surface area (Å²) in [5.74, 6) is 0. The normalized spacial score (nSPS) is 19.8. The van der Waals surface area contributed by atoms with E-state index in [9.17, 15) is 13.2 Å². The van der Waals surface area contributed by atoms with Gasteiger partial charge in [0.2, 0.25) is 0 Å². The molecule has 0 aliphatic heterocycles. The molecule has 1 aliphatic rings. The molecule has 1 rings (SSSR count). The summed E-state index contributed by atoms with van der Waals surface area (Å²) in [6.45, 7) is 0.697. The summed E-state index contributed by atoms with van der Waals surface area (Å²) in [5.41, 5.74) is 5.34. The minimum Gasteiger partial charge on any atom is -0.392 e. The third-order valence-corrected chi connectivity index (χ3v) is 2.63. The average Bonchev–Trinajstić information content (AvgIpc) is 2.79. The fourth-order valence-electron chi connectivity index (χ4n) is 1.36. The summed E-state index contributed by atoms with van der Waals surface area (Å²) in [6.07, 6.45) is -2.56. The van der Waals surface area contributed by atoms with E-state index in [-0.39, 0.29) is 11.0 Å². The second-order valence-corrected chi connectivity index (χ2v) is 4.07. The van der Waals surface area contributed by atoms with Crippen LogP contribution in [0.5, 0.6) is 0 Å². The lowest BCUT2D eigenvalue weighted by Crippen LogP contribution is -2.47. The number of rotatable bonds is 4. The van der Waals surface area contributed by atoms with E-state index in [0.29, 0.717) is 0 Å². The van der Waals surface area contributed by atoms with Crippen molar-refractivity contribution < 1.29 is 13.2 Å². The van der Waals surface area contributed by atoms with Crippen molar-refractivity contribution in [1.82, 2.24) is 4.90 Å². The van der Waals surface area contributed by atoms with Gasteiger partial charge >= 0.3 is 6.18 Å². The summed E-state index contributed by atoms with van der Waals surface area (Å²) < 4.78 is 36.6. The number of alkyl halides is 3. The highest BCUT2D eigenvalue weighted by Crippen LogP contribution is 2.31. The summed E-state index contributed by atoms with van der Waals surface area (Å²) in [7, 11) is 0. The molecule has 14 heavy (non-hydrogen) atoms. The van der Waals surface area contributed by atoms with E-state index in [2.05, 4.69) is 0 Å². The lowest BCUT2D eigenvalue weighted by Gasteiger charge is -2.28. The van der Waals surface area contributed by atoms with Gasteiger partial charge in [-0.1, -0.05) is 12.2 Å². The fourth-order valence-corrected chi connectivity index (χ4v) is 1.49. The van der Waals surface area contributed by atoms with Crippen molar-refractivity contribution in [1.29, 1.82) is 0 Å². The third kappa shape index (κ3) is 3.42. The Bertz CT molecular complexity index is 225. The van der Waals surface area contributed by atoms with Gasteiger partial charge in [-0.3, -0.25) is 4.90 Å². The smallest absolute Gasteiger partial charge is 0.392 e. The van der Waals surface area contributed by atoms with Crippen molar-refractivity contribution in [3.63, 3.8) is 0 Å². The van der Waals surface area contributed by atoms with Crippen LogP contribution in [0.4, 0.5) is 13.2 Å². The molecule has 0 heterocycles. The molecule has 0 spiro atoms. The standard InChI is InChI=1S/C8H13F3N2S/c1-5(7(12)14)13(6-2-3-6)4-8(9,10)11/h5-6H,2-4H2,1H3,(H2,12,14). The van der Waals surface area contributed by atoms with Crippen molar-refractivity contribution in [2.75, 3.05) is 6.54 Å². The van der Waals surface area contributed by atoms with Gasteiger partial charge in [-0.2, -0.15) is 13.2 Å². The number of hydrogen-bond acceptors (Lipinski definition) is 2. The van der Waals surface area contributed by atoms with Crippen LogP contribution in [-0.2, 0) is 0 Å². The van der Waals surface area contributed by atoms with Crippen molar-refractivity contribution in [3.05, 3.63) is 0 Å². The zero-order chi connectivity index (χ0) is 10.9. The molecule has 0 aromatic heterocycles. The Morgan fingerprint density at radius 2 is 2.07 bits per heavy atom. The summed E-state index contributed by atoms with van der Waals surface area (Å²) >= 11 is 4.70. The Labute approximate surface area is 86.2 Å². The van der Waals surface area contributed by atoms with Crippen LogP contribution >= 0.6 is 12.2 Å². The predicted molar refractivity (Wildman–Crippen MR) is 52.0 cm³/mol. The van der Waals surface area contributed by atoms with Gasteiger partial charge < -0.3 is 5.73 Å². The molecule has 1 atom stereocenters. The second-order valence-electron chi connectivity index (χ2n) is 3.60. The van der Waals surface area contributed by atoms with Gasteiger partial charge in [0.1, 0.15) is 0 Å². The number of nitrogens with two attached hydrogens (primary N) is 1. The topological polar surface area (TPSA) is 29.3 Å². The van der Waals surface area contributed by atoms with Crippen molar-refractivity contribution in [2.24, 2.45) is 5.73 Å². The first-order valence-corrected chi connectivity index (χ1v) is 4.84. The van der Waals surface area contributed by atoms with Crippen LogP contribution in [0.15, 0.2) is 0 Å². The second kappa shape index (κ2) is 4.02. The first-order valence-electron chi connectivity index (χ1n) is 4.43. The van der Waals surface area contributed by atoms with E-state index >= 15 is 0 Å². The average molecular weight is 226 g/mol. The Balaban J connectivity index is 2.59. The van der Waals surface area contributed by atoms with Gasteiger partial charge in [0.25, 0.3) is 0 Å². The lowest BCUT2D eigenvalue weighted by atomic mass is 10.2.